The van der Waals surface area contributed by atoms with Gasteiger partial charge >= 0.3 is 0 Å². The van der Waals surface area contributed by atoms with Crippen molar-refractivity contribution in [2.24, 2.45) is 0 Å². The number of hydrogen-bond acceptors (Lipinski definition) is 6. The zero-order chi connectivity index (χ0) is 24.8. The van der Waals surface area contributed by atoms with Gasteiger partial charge in [0, 0.05) is 5.56 Å². The minimum Gasteiger partial charge on any atom is -0.497 e. The molecule has 178 valence electrons. The first-order valence-corrected chi connectivity index (χ1v) is 10.8. The fourth-order valence-electron chi connectivity index (χ4n) is 3.64. The second-order valence-corrected chi connectivity index (χ2v) is 7.66. The lowest BCUT2D eigenvalue weighted by Gasteiger charge is -2.28. The van der Waals surface area contributed by atoms with E-state index in [9.17, 15) is 19.2 Å². The Bertz CT molecular complexity index is 1210. The second-order valence-electron chi connectivity index (χ2n) is 7.66. The first kappa shape index (κ1) is 23.5. The van der Waals surface area contributed by atoms with Gasteiger partial charge in [-0.25, -0.2) is 9.91 Å². The van der Waals surface area contributed by atoms with Crippen LogP contribution in [0.15, 0.2) is 84.9 Å². The molecule has 35 heavy (non-hydrogen) atoms. The van der Waals surface area contributed by atoms with Gasteiger partial charge in [0.25, 0.3) is 17.7 Å². The first-order valence-electron chi connectivity index (χ1n) is 10.8. The molecule has 1 aliphatic rings. The van der Waals surface area contributed by atoms with Crippen molar-refractivity contribution in [3.05, 3.63) is 90.5 Å². The third-order valence-electron chi connectivity index (χ3n) is 5.36. The molecule has 1 fully saturated rings. The number of rotatable bonds is 7. The summed E-state index contributed by atoms with van der Waals surface area (Å²) in [6.07, 6.45) is -0.288. The predicted octanol–water partition coefficient (Wildman–Crippen LogP) is 2.58. The minimum absolute atomic E-state index is 0.250. The number of amides is 4. The highest BCUT2D eigenvalue weighted by Gasteiger charge is 2.45. The van der Waals surface area contributed by atoms with Gasteiger partial charge in [-0.15, -0.1) is 0 Å². The number of methoxy groups -OCH3 is 1. The molecule has 4 rings (SSSR count). The van der Waals surface area contributed by atoms with Crippen LogP contribution in [-0.2, 0) is 14.4 Å². The van der Waals surface area contributed by atoms with Crippen LogP contribution >= 0.6 is 0 Å². The summed E-state index contributed by atoms with van der Waals surface area (Å²) in [7, 11) is 1.51. The van der Waals surface area contributed by atoms with Crippen molar-refractivity contribution >= 4 is 29.3 Å². The molecule has 0 saturated carbocycles. The normalized spacial score (nSPS) is 15.0. The molecule has 1 atom stereocenters. The molecule has 1 N–H and O–H groups in total. The fourth-order valence-corrected chi connectivity index (χ4v) is 3.64. The second kappa shape index (κ2) is 10.5. The van der Waals surface area contributed by atoms with E-state index in [4.69, 9.17) is 9.47 Å². The van der Waals surface area contributed by atoms with Gasteiger partial charge in [0.2, 0.25) is 5.91 Å². The van der Waals surface area contributed by atoms with Crippen molar-refractivity contribution < 1.29 is 28.7 Å². The Balaban J connectivity index is 1.56. The summed E-state index contributed by atoms with van der Waals surface area (Å²) in [4.78, 5) is 53.1. The third kappa shape index (κ3) is 5.30. The van der Waals surface area contributed by atoms with E-state index >= 15 is 0 Å². The van der Waals surface area contributed by atoms with Crippen LogP contribution in [0.3, 0.4) is 0 Å². The predicted molar refractivity (Wildman–Crippen MR) is 127 cm³/mol. The monoisotopic (exact) mass is 473 g/mol. The van der Waals surface area contributed by atoms with E-state index in [-0.39, 0.29) is 18.6 Å². The number of hydrazine groups is 1. The molecule has 4 amide bonds. The molecule has 1 unspecified atom stereocenters. The minimum atomic E-state index is -1.22. The van der Waals surface area contributed by atoms with Gasteiger partial charge in [0.1, 0.15) is 17.5 Å². The fraction of sp³-hybridized carbons (Fsp3) is 0.154. The summed E-state index contributed by atoms with van der Waals surface area (Å²) in [6, 6.07) is 22.1. The summed E-state index contributed by atoms with van der Waals surface area (Å²) >= 11 is 0. The Labute approximate surface area is 201 Å². The Morgan fingerprint density at radius 2 is 1.54 bits per heavy atom. The number of anilines is 1. The molecule has 1 aliphatic heterocycles. The number of para-hydroxylation sites is 1. The van der Waals surface area contributed by atoms with Crippen LogP contribution in [0.1, 0.15) is 16.8 Å². The zero-order valence-electron chi connectivity index (χ0n) is 18.9. The van der Waals surface area contributed by atoms with Crippen LogP contribution in [0.2, 0.25) is 0 Å². The number of benzene rings is 3. The Hall–Kier alpha value is -4.66. The molecule has 9 heteroatoms. The average Bonchev–Trinajstić information content (AvgIpc) is 3.20. The lowest BCUT2D eigenvalue weighted by atomic mass is 10.1. The number of ether oxygens (including phenoxy) is 2. The standard InChI is InChI=1S/C26H23N3O6/c1-34-20-14-12-19(13-15-20)28-24(31)16-22(26(28)33)29(25(32)18-8-4-2-5-9-18)27-23(30)17-35-21-10-6-3-7-11-21/h2-15,22H,16-17H2,1H3,(H,27,30). The zero-order valence-corrected chi connectivity index (χ0v) is 18.9. The van der Waals surface area contributed by atoms with Crippen LogP contribution in [0, 0.1) is 0 Å². The maximum absolute atomic E-state index is 13.3. The molecule has 0 bridgehead atoms. The number of imide groups is 1. The van der Waals surface area contributed by atoms with Gasteiger partial charge < -0.3 is 9.47 Å². The Morgan fingerprint density at radius 1 is 0.914 bits per heavy atom. The van der Waals surface area contributed by atoms with Gasteiger partial charge in [-0.3, -0.25) is 24.6 Å². The molecule has 0 spiro atoms. The maximum Gasteiger partial charge on any atom is 0.276 e. The van der Waals surface area contributed by atoms with E-state index in [1.165, 1.54) is 7.11 Å². The Morgan fingerprint density at radius 3 is 2.17 bits per heavy atom. The number of carbonyl (C=O) groups excluding carboxylic acids is 4. The molecule has 0 aromatic heterocycles. The van der Waals surface area contributed by atoms with Crippen molar-refractivity contribution in [1.29, 1.82) is 0 Å². The molecule has 1 saturated heterocycles. The van der Waals surface area contributed by atoms with Crippen molar-refractivity contribution in [1.82, 2.24) is 10.4 Å². The largest absolute Gasteiger partial charge is 0.497 e. The SMILES string of the molecule is COc1ccc(N2C(=O)CC(N(NC(=O)COc3ccccc3)C(=O)c3ccccc3)C2=O)cc1. The van der Waals surface area contributed by atoms with Crippen molar-refractivity contribution in [2.45, 2.75) is 12.5 Å². The molecule has 1 heterocycles. The highest BCUT2D eigenvalue weighted by molar-refractivity contribution is 6.23. The van der Waals surface area contributed by atoms with Gasteiger partial charge in [-0.1, -0.05) is 36.4 Å². The third-order valence-corrected chi connectivity index (χ3v) is 5.36. The van der Waals surface area contributed by atoms with Crippen LogP contribution in [0.4, 0.5) is 5.69 Å². The van der Waals surface area contributed by atoms with E-state index in [0.29, 0.717) is 17.2 Å². The average molecular weight is 473 g/mol. The summed E-state index contributed by atoms with van der Waals surface area (Å²) in [5, 5.41) is 0.912. The van der Waals surface area contributed by atoms with Gasteiger partial charge in [-0.2, -0.15) is 0 Å². The molecule has 3 aromatic rings. The number of nitrogens with one attached hydrogen (secondary N) is 1. The topological polar surface area (TPSA) is 105 Å². The number of carbonyl (C=O) groups is 4. The van der Waals surface area contributed by atoms with Crippen molar-refractivity contribution in [2.75, 3.05) is 18.6 Å². The molecule has 0 aliphatic carbocycles. The summed E-state index contributed by atoms with van der Waals surface area (Å²) < 4.78 is 10.6. The van der Waals surface area contributed by atoms with Crippen LogP contribution in [0.25, 0.3) is 0 Å². The van der Waals surface area contributed by atoms with Crippen molar-refractivity contribution in [3.63, 3.8) is 0 Å². The van der Waals surface area contributed by atoms with Crippen LogP contribution in [0.5, 0.6) is 11.5 Å². The van der Waals surface area contributed by atoms with Gasteiger partial charge in [0.05, 0.1) is 19.2 Å². The van der Waals surface area contributed by atoms with Gasteiger partial charge in [-0.05, 0) is 48.5 Å². The molecule has 0 radical (unpaired) electrons. The summed E-state index contributed by atoms with van der Waals surface area (Å²) in [5.41, 5.74) is 3.06. The summed E-state index contributed by atoms with van der Waals surface area (Å²) in [5.74, 6) is -1.36. The van der Waals surface area contributed by atoms with E-state index in [1.807, 2.05) is 6.07 Å². The smallest absolute Gasteiger partial charge is 0.276 e. The quantitative estimate of drug-likeness (QED) is 0.418. The first-order chi connectivity index (χ1) is 17.0. The maximum atomic E-state index is 13.3. The van der Waals surface area contributed by atoms with E-state index in [0.717, 1.165) is 9.91 Å². The number of hydrogen-bond donors (Lipinski definition) is 1. The molecular weight excluding hydrogens is 450 g/mol. The van der Waals surface area contributed by atoms with Crippen LogP contribution in [-0.4, -0.2) is 48.4 Å². The van der Waals surface area contributed by atoms with E-state index in [1.54, 1.807) is 78.9 Å². The molecular formula is C26H23N3O6. The van der Waals surface area contributed by atoms with Gasteiger partial charge in [0.15, 0.2) is 6.61 Å². The lowest BCUT2D eigenvalue weighted by molar-refractivity contribution is -0.130. The van der Waals surface area contributed by atoms with Crippen molar-refractivity contribution in [3.8, 4) is 11.5 Å². The lowest BCUT2D eigenvalue weighted by Crippen LogP contribution is -2.55. The van der Waals surface area contributed by atoms with E-state index in [2.05, 4.69) is 5.43 Å². The number of nitrogens with zero attached hydrogens (tertiary/aromatic N) is 2. The summed E-state index contributed by atoms with van der Waals surface area (Å²) in [6.45, 7) is -0.389. The van der Waals surface area contributed by atoms with E-state index < -0.39 is 29.7 Å². The highest BCUT2D eigenvalue weighted by atomic mass is 16.5. The van der Waals surface area contributed by atoms with Crippen LogP contribution < -0.4 is 19.8 Å². The Kier molecular flexibility index (Phi) is 7.06. The highest BCUT2D eigenvalue weighted by Crippen LogP contribution is 2.27. The molecule has 3 aromatic carbocycles. The molecule has 9 nitrogen and oxygen atoms in total.